The molecule has 2 aromatic rings. The normalized spacial score (nSPS) is 15.0. The van der Waals surface area contributed by atoms with E-state index in [2.05, 4.69) is 76.2 Å². The lowest BCUT2D eigenvalue weighted by atomic mass is 9.94. The summed E-state index contributed by atoms with van der Waals surface area (Å²) in [5.74, 6) is -0.755. The van der Waals surface area contributed by atoms with Gasteiger partial charge in [0, 0.05) is 19.6 Å². The molecule has 0 saturated heterocycles. The fraction of sp³-hybridized carbons (Fsp3) is 0.519. The van der Waals surface area contributed by atoms with E-state index in [-0.39, 0.29) is 29.8 Å². The first-order valence-corrected chi connectivity index (χ1v) is 13.6. The van der Waals surface area contributed by atoms with E-state index in [1.54, 1.807) is 7.11 Å². The first kappa shape index (κ1) is 27.3. The van der Waals surface area contributed by atoms with E-state index in [4.69, 9.17) is 18.6 Å². The third-order valence-electron chi connectivity index (χ3n) is 6.07. The second-order valence-electron chi connectivity index (χ2n) is 9.53. The van der Waals surface area contributed by atoms with Crippen molar-refractivity contribution in [3.63, 3.8) is 0 Å². The summed E-state index contributed by atoms with van der Waals surface area (Å²) in [5.41, 5.74) is 0. The van der Waals surface area contributed by atoms with Crippen LogP contribution in [0.4, 0.5) is 0 Å². The molecule has 0 amide bonds. The number of carbonyl (C=O) groups excluding carboxylic acids is 1. The first-order valence-electron chi connectivity index (χ1n) is 11.7. The molecule has 0 bridgehead atoms. The number of esters is 1. The molecule has 0 N–H and O–H groups in total. The Hall–Kier alpha value is -1.99. The minimum Gasteiger partial charge on any atom is -0.466 e. The molecular formula is C27H40O5Si. The molecule has 0 aliphatic heterocycles. The Kier molecular flexibility index (Phi) is 10.3. The monoisotopic (exact) mass is 472 g/mol. The van der Waals surface area contributed by atoms with Gasteiger partial charge < -0.3 is 18.6 Å². The van der Waals surface area contributed by atoms with Gasteiger partial charge in [0.25, 0.3) is 8.32 Å². The largest absolute Gasteiger partial charge is 0.466 e. The number of methoxy groups -OCH3 is 1. The van der Waals surface area contributed by atoms with Gasteiger partial charge in [0.05, 0.1) is 18.6 Å². The van der Waals surface area contributed by atoms with Crippen molar-refractivity contribution in [1.29, 1.82) is 0 Å². The summed E-state index contributed by atoms with van der Waals surface area (Å²) >= 11 is 0. The quantitative estimate of drug-likeness (QED) is 0.261. The average Bonchev–Trinajstić information content (AvgIpc) is 2.80. The molecule has 0 aliphatic rings. The van der Waals surface area contributed by atoms with Crippen LogP contribution < -0.4 is 10.4 Å². The molecule has 0 aromatic heterocycles. The molecule has 3 atom stereocenters. The van der Waals surface area contributed by atoms with Gasteiger partial charge in [-0.3, -0.25) is 4.79 Å². The highest BCUT2D eigenvalue weighted by Gasteiger charge is 2.50. The number of hydrogen-bond acceptors (Lipinski definition) is 5. The number of benzene rings is 2. The molecule has 0 aliphatic carbocycles. The van der Waals surface area contributed by atoms with E-state index in [1.807, 2.05) is 26.0 Å². The van der Waals surface area contributed by atoms with Gasteiger partial charge in [-0.25, -0.2) is 0 Å². The van der Waals surface area contributed by atoms with Gasteiger partial charge in [-0.1, -0.05) is 88.4 Å². The fourth-order valence-corrected chi connectivity index (χ4v) is 9.14. The van der Waals surface area contributed by atoms with Crippen molar-refractivity contribution >= 4 is 24.7 Å². The van der Waals surface area contributed by atoms with E-state index in [0.29, 0.717) is 13.2 Å². The summed E-state index contributed by atoms with van der Waals surface area (Å²) < 4.78 is 23.4. The molecule has 2 rings (SSSR count). The Morgan fingerprint density at radius 2 is 1.45 bits per heavy atom. The van der Waals surface area contributed by atoms with Crippen LogP contribution in [-0.2, 0) is 23.4 Å². The Morgan fingerprint density at radius 1 is 0.939 bits per heavy atom. The van der Waals surface area contributed by atoms with Gasteiger partial charge in [0.2, 0.25) is 0 Å². The highest BCUT2D eigenvalue weighted by atomic mass is 28.4. The van der Waals surface area contributed by atoms with Crippen molar-refractivity contribution in [2.75, 3.05) is 27.1 Å². The second-order valence-corrected chi connectivity index (χ2v) is 13.8. The lowest BCUT2D eigenvalue weighted by molar-refractivity contribution is -0.162. The van der Waals surface area contributed by atoms with Gasteiger partial charge in [0.1, 0.15) is 6.79 Å². The second kappa shape index (κ2) is 12.5. The minimum atomic E-state index is -2.67. The van der Waals surface area contributed by atoms with Crippen LogP contribution in [0.5, 0.6) is 0 Å². The maximum atomic E-state index is 12.5. The zero-order chi connectivity index (χ0) is 24.5. The van der Waals surface area contributed by atoms with Crippen LogP contribution in [0.25, 0.3) is 0 Å². The van der Waals surface area contributed by atoms with Gasteiger partial charge in [-0.05, 0) is 29.3 Å². The van der Waals surface area contributed by atoms with Crippen molar-refractivity contribution in [2.45, 2.75) is 52.7 Å². The highest BCUT2D eigenvalue weighted by Crippen LogP contribution is 2.37. The minimum absolute atomic E-state index is 0.0544. The summed E-state index contributed by atoms with van der Waals surface area (Å²) in [5, 5.41) is 2.33. The van der Waals surface area contributed by atoms with Crippen LogP contribution >= 0.6 is 0 Å². The topological polar surface area (TPSA) is 54.0 Å². The summed E-state index contributed by atoms with van der Waals surface area (Å²) in [6, 6.07) is 21.1. The van der Waals surface area contributed by atoms with E-state index in [1.165, 1.54) is 10.4 Å². The SMILES string of the molecule is CCOC(=O)[C@H](C)[C@H](OCOC)[C@@H](C)CO[Si](c1ccccc1)(c1ccccc1)C(C)(C)C. The van der Waals surface area contributed by atoms with Gasteiger partial charge in [-0.15, -0.1) is 0 Å². The van der Waals surface area contributed by atoms with Crippen molar-refractivity contribution in [2.24, 2.45) is 11.8 Å². The first-order chi connectivity index (χ1) is 15.7. The average molecular weight is 473 g/mol. The van der Waals surface area contributed by atoms with Crippen molar-refractivity contribution in [3.05, 3.63) is 60.7 Å². The number of ether oxygens (including phenoxy) is 3. The smallest absolute Gasteiger partial charge is 0.311 e. The molecule has 6 heteroatoms. The van der Waals surface area contributed by atoms with Crippen molar-refractivity contribution in [1.82, 2.24) is 0 Å². The molecule has 0 radical (unpaired) electrons. The summed E-state index contributed by atoms with van der Waals surface area (Å²) in [4.78, 5) is 12.5. The molecule has 0 fully saturated rings. The van der Waals surface area contributed by atoms with E-state index in [9.17, 15) is 4.79 Å². The molecule has 182 valence electrons. The van der Waals surface area contributed by atoms with Crippen LogP contribution in [0, 0.1) is 11.8 Å². The Morgan fingerprint density at radius 3 is 1.88 bits per heavy atom. The van der Waals surface area contributed by atoms with Crippen LogP contribution in [0.3, 0.4) is 0 Å². The lowest BCUT2D eigenvalue weighted by Crippen LogP contribution is -2.67. The molecule has 0 heterocycles. The van der Waals surface area contributed by atoms with Gasteiger partial charge in [0.15, 0.2) is 0 Å². The lowest BCUT2D eigenvalue weighted by Gasteiger charge is -2.44. The number of rotatable bonds is 12. The Labute approximate surface area is 200 Å². The molecular weight excluding hydrogens is 432 g/mol. The summed E-state index contributed by atoms with van der Waals surface area (Å²) in [6.07, 6.45) is -0.387. The Balaban J connectivity index is 2.42. The maximum Gasteiger partial charge on any atom is 0.311 e. The van der Waals surface area contributed by atoms with Gasteiger partial charge >= 0.3 is 5.97 Å². The molecule has 0 unspecified atom stereocenters. The fourth-order valence-electron chi connectivity index (χ4n) is 4.47. The highest BCUT2D eigenvalue weighted by molar-refractivity contribution is 6.99. The van der Waals surface area contributed by atoms with Gasteiger partial charge in [-0.2, -0.15) is 0 Å². The van der Waals surface area contributed by atoms with Crippen molar-refractivity contribution < 1.29 is 23.4 Å². The van der Waals surface area contributed by atoms with Crippen LogP contribution in [0.15, 0.2) is 60.7 Å². The molecule has 0 spiro atoms. The zero-order valence-electron chi connectivity index (χ0n) is 21.2. The molecule has 5 nitrogen and oxygen atoms in total. The van der Waals surface area contributed by atoms with Crippen molar-refractivity contribution in [3.8, 4) is 0 Å². The third kappa shape index (κ3) is 6.54. The predicted molar refractivity (Wildman–Crippen MR) is 135 cm³/mol. The standard InChI is InChI=1S/C27H40O5Si/c1-8-30-26(28)22(3)25(31-20-29-7)21(2)19-32-33(27(4,5)6,23-15-11-9-12-16-23)24-17-13-10-14-18-24/h9-18,21-22,25H,8,19-20H2,1-7H3/t21-,22+,25+/m0/s1. The zero-order valence-corrected chi connectivity index (χ0v) is 22.2. The number of carbonyl (C=O) groups is 1. The summed E-state index contributed by atoms with van der Waals surface area (Å²) in [6.45, 7) is 13.4. The summed E-state index contributed by atoms with van der Waals surface area (Å²) in [7, 11) is -1.09. The van der Waals surface area contributed by atoms with E-state index in [0.717, 1.165) is 0 Å². The van der Waals surface area contributed by atoms with E-state index < -0.39 is 14.2 Å². The molecule has 0 saturated carbocycles. The Bertz CT molecular complexity index is 795. The number of hydrogen-bond donors (Lipinski definition) is 0. The predicted octanol–water partition coefficient (Wildman–Crippen LogP) is 4.39. The third-order valence-corrected chi connectivity index (χ3v) is 11.1. The van der Waals surface area contributed by atoms with Crippen LogP contribution in [-0.4, -0.2) is 47.5 Å². The van der Waals surface area contributed by atoms with E-state index >= 15 is 0 Å². The molecule has 33 heavy (non-hydrogen) atoms. The maximum absolute atomic E-state index is 12.5. The van der Waals surface area contributed by atoms with Crippen LogP contribution in [0.2, 0.25) is 5.04 Å². The molecule has 2 aromatic carbocycles. The van der Waals surface area contributed by atoms with Crippen LogP contribution in [0.1, 0.15) is 41.5 Å².